The lowest BCUT2D eigenvalue weighted by molar-refractivity contribution is -0.141. The average molecular weight is 538 g/mol. The van der Waals surface area contributed by atoms with E-state index in [1.165, 1.54) is 0 Å². The summed E-state index contributed by atoms with van der Waals surface area (Å²) in [4.78, 5) is 41.2. The average Bonchev–Trinajstić information content (AvgIpc) is 2.80. The lowest BCUT2D eigenvalue weighted by Crippen LogP contribution is -2.61. The number of nitrogens with zero attached hydrogens (tertiary/aromatic N) is 1. The molecular formula is C29H48ClN3O4. The molecule has 0 aromatic heterocycles. The minimum atomic E-state index is -0.769. The predicted molar refractivity (Wildman–Crippen MR) is 153 cm³/mol. The van der Waals surface area contributed by atoms with Crippen LogP contribution in [0, 0.1) is 11.3 Å². The van der Waals surface area contributed by atoms with Crippen LogP contribution in [0.5, 0.6) is 0 Å². The van der Waals surface area contributed by atoms with Crippen molar-refractivity contribution >= 4 is 30.2 Å². The lowest BCUT2D eigenvalue weighted by atomic mass is 9.76. The van der Waals surface area contributed by atoms with Crippen LogP contribution < -0.4 is 10.6 Å². The van der Waals surface area contributed by atoms with Gasteiger partial charge in [-0.15, -0.1) is 12.4 Å². The van der Waals surface area contributed by atoms with E-state index in [9.17, 15) is 14.4 Å². The van der Waals surface area contributed by atoms with E-state index in [1.807, 2.05) is 78.8 Å². The molecule has 1 aromatic carbocycles. The van der Waals surface area contributed by atoms with Crippen molar-refractivity contribution < 1.29 is 19.1 Å². The zero-order valence-electron chi connectivity index (χ0n) is 24.5. The van der Waals surface area contributed by atoms with Crippen LogP contribution in [-0.4, -0.2) is 61.5 Å². The van der Waals surface area contributed by atoms with Gasteiger partial charge in [-0.3, -0.25) is 9.59 Å². The zero-order valence-corrected chi connectivity index (χ0v) is 25.3. The van der Waals surface area contributed by atoms with Gasteiger partial charge in [0.2, 0.25) is 11.8 Å². The number of hydrogen-bond donors (Lipinski definition) is 2. The van der Waals surface area contributed by atoms with E-state index in [0.717, 1.165) is 5.56 Å². The van der Waals surface area contributed by atoms with Crippen molar-refractivity contribution in [2.75, 3.05) is 20.7 Å². The molecule has 0 radical (unpaired) electrons. The molecule has 0 aliphatic heterocycles. The Labute approximate surface area is 230 Å². The van der Waals surface area contributed by atoms with Crippen molar-refractivity contribution in [2.45, 2.75) is 85.9 Å². The third-order valence-electron chi connectivity index (χ3n) is 6.69. The van der Waals surface area contributed by atoms with Gasteiger partial charge < -0.3 is 20.3 Å². The molecule has 0 spiro atoms. The first-order valence-corrected chi connectivity index (χ1v) is 12.7. The Morgan fingerprint density at radius 2 is 1.57 bits per heavy atom. The molecule has 2 amide bonds. The van der Waals surface area contributed by atoms with Gasteiger partial charge in [0.1, 0.15) is 6.04 Å². The number of carbonyl (C=O) groups excluding carboxylic acids is 3. The van der Waals surface area contributed by atoms with Crippen LogP contribution in [0.25, 0.3) is 0 Å². The first-order valence-electron chi connectivity index (χ1n) is 12.7. The molecule has 0 unspecified atom stereocenters. The summed E-state index contributed by atoms with van der Waals surface area (Å²) in [5, 5.41) is 6.21. The Morgan fingerprint density at radius 1 is 1.03 bits per heavy atom. The molecular weight excluding hydrogens is 490 g/mol. The molecule has 0 aliphatic rings. The Morgan fingerprint density at radius 3 is 2.00 bits per heavy atom. The third-order valence-corrected chi connectivity index (χ3v) is 6.69. The molecule has 0 saturated heterocycles. The highest BCUT2D eigenvalue weighted by molar-refractivity contribution is 5.92. The van der Waals surface area contributed by atoms with Gasteiger partial charge in [0.05, 0.1) is 18.7 Å². The number of nitrogens with one attached hydrogen (secondary N) is 2. The summed E-state index contributed by atoms with van der Waals surface area (Å²) < 4.78 is 5.11. The molecule has 2 N–H and O–H groups in total. The van der Waals surface area contributed by atoms with Gasteiger partial charge >= 0.3 is 5.97 Å². The zero-order chi connectivity index (χ0) is 27.8. The predicted octanol–water partition coefficient (Wildman–Crippen LogP) is 4.50. The molecule has 0 heterocycles. The third kappa shape index (κ3) is 9.15. The second-order valence-electron chi connectivity index (χ2n) is 11.4. The summed E-state index contributed by atoms with van der Waals surface area (Å²) in [5.41, 5.74) is 0.413. The van der Waals surface area contributed by atoms with E-state index in [1.54, 1.807) is 38.9 Å². The van der Waals surface area contributed by atoms with Gasteiger partial charge in [0, 0.05) is 18.0 Å². The molecule has 0 bridgehead atoms. The lowest BCUT2D eigenvalue weighted by Gasteiger charge is -2.40. The number of likely N-dealkylation sites (N-methyl/N-ethyl adjacent to an activating group) is 2. The van der Waals surface area contributed by atoms with Gasteiger partial charge in [0.25, 0.3) is 0 Å². The number of benzene rings is 1. The monoisotopic (exact) mass is 537 g/mol. The normalized spacial score (nSPS) is 14.8. The van der Waals surface area contributed by atoms with Crippen molar-refractivity contribution in [2.24, 2.45) is 11.3 Å². The molecule has 0 saturated carbocycles. The Kier molecular flexibility index (Phi) is 13.6. The maximum Gasteiger partial charge on any atom is 0.333 e. The van der Waals surface area contributed by atoms with Crippen molar-refractivity contribution in [3.63, 3.8) is 0 Å². The largest absolute Gasteiger partial charge is 0.463 e. The van der Waals surface area contributed by atoms with Crippen LogP contribution in [-0.2, 0) is 24.5 Å². The quantitative estimate of drug-likeness (QED) is 0.320. The second-order valence-corrected chi connectivity index (χ2v) is 11.4. The number of amides is 2. The molecule has 37 heavy (non-hydrogen) atoms. The van der Waals surface area contributed by atoms with Gasteiger partial charge in [0.15, 0.2) is 0 Å². The van der Waals surface area contributed by atoms with Crippen LogP contribution in [0.1, 0.15) is 67.9 Å². The summed E-state index contributed by atoms with van der Waals surface area (Å²) in [6, 6.07) is 8.19. The number of rotatable bonds is 11. The fraction of sp³-hybridized carbons (Fsp3) is 0.621. The molecule has 7 nitrogen and oxygen atoms in total. The van der Waals surface area contributed by atoms with Crippen LogP contribution in [0.3, 0.4) is 0 Å². The first kappa shape index (κ1) is 34.6. The summed E-state index contributed by atoms with van der Waals surface area (Å²) in [5.74, 6) is -0.811. The molecule has 0 aliphatic carbocycles. The topological polar surface area (TPSA) is 87.7 Å². The Balaban J connectivity index is 0.0000130. The molecule has 1 rings (SSSR count). The van der Waals surface area contributed by atoms with Crippen LogP contribution >= 0.6 is 12.4 Å². The minimum absolute atomic E-state index is 0. The van der Waals surface area contributed by atoms with E-state index in [4.69, 9.17) is 4.74 Å². The minimum Gasteiger partial charge on any atom is -0.463 e. The second kappa shape index (κ2) is 14.5. The smallest absolute Gasteiger partial charge is 0.333 e. The number of ether oxygens (including phenoxy) is 1. The van der Waals surface area contributed by atoms with Gasteiger partial charge in [-0.05, 0) is 37.8 Å². The van der Waals surface area contributed by atoms with Crippen molar-refractivity contribution in [3.05, 3.63) is 47.5 Å². The number of esters is 1. The van der Waals surface area contributed by atoms with Gasteiger partial charge in [-0.25, -0.2) is 4.79 Å². The highest BCUT2D eigenvalue weighted by Gasteiger charge is 2.41. The number of hydrogen-bond acceptors (Lipinski definition) is 5. The summed E-state index contributed by atoms with van der Waals surface area (Å²) in [7, 11) is 3.48. The van der Waals surface area contributed by atoms with E-state index in [2.05, 4.69) is 10.6 Å². The standard InChI is InChI=1S/C29H47N3O4.ClH/c1-12-36-27(35)20(4)18-22(19(2)3)32(11)26(34)24(28(5,6)7)31-25(33)23(30-10)29(8,9)21-16-14-13-15-17-21;/h13-19,22-24,30H,12H2,1-11H3,(H,31,33);1H/b20-18+;/t22-,23-,24-;/m1./s1. The van der Waals surface area contributed by atoms with Crippen LogP contribution in [0.15, 0.2) is 42.0 Å². The maximum absolute atomic E-state index is 13.8. The van der Waals surface area contributed by atoms with Crippen molar-refractivity contribution in [3.8, 4) is 0 Å². The molecule has 3 atom stereocenters. The van der Waals surface area contributed by atoms with Gasteiger partial charge in [-0.1, -0.05) is 84.9 Å². The van der Waals surface area contributed by atoms with Crippen LogP contribution in [0.2, 0.25) is 0 Å². The molecule has 0 fully saturated rings. The Bertz CT molecular complexity index is 923. The summed E-state index contributed by atoms with van der Waals surface area (Å²) in [6.45, 7) is 17.6. The molecule has 210 valence electrons. The van der Waals surface area contributed by atoms with Crippen molar-refractivity contribution in [1.82, 2.24) is 15.5 Å². The fourth-order valence-corrected chi connectivity index (χ4v) is 4.40. The highest BCUT2D eigenvalue weighted by Crippen LogP contribution is 2.29. The maximum atomic E-state index is 13.8. The fourth-order valence-electron chi connectivity index (χ4n) is 4.40. The highest BCUT2D eigenvalue weighted by atomic mass is 35.5. The SMILES string of the molecule is CCOC(=O)/C(C)=C/[C@H](C(C)C)N(C)C(=O)[C@@H](NC(=O)[C@@H](NC)C(C)(C)c1ccccc1)C(C)(C)C.Cl. The number of halogens is 1. The molecule has 1 aromatic rings. The number of carbonyl (C=O) groups is 3. The summed E-state index contributed by atoms with van der Waals surface area (Å²) in [6.07, 6.45) is 1.77. The van der Waals surface area contributed by atoms with Crippen LogP contribution in [0.4, 0.5) is 0 Å². The first-order chi connectivity index (χ1) is 16.6. The summed E-state index contributed by atoms with van der Waals surface area (Å²) >= 11 is 0. The van der Waals surface area contributed by atoms with Crippen molar-refractivity contribution in [1.29, 1.82) is 0 Å². The Hall–Kier alpha value is -2.38. The molecule has 8 heteroatoms. The van der Waals surface area contributed by atoms with Gasteiger partial charge in [-0.2, -0.15) is 0 Å². The van der Waals surface area contributed by atoms with E-state index in [-0.39, 0.29) is 42.8 Å². The van der Waals surface area contributed by atoms with E-state index >= 15 is 0 Å². The van der Waals surface area contributed by atoms with E-state index in [0.29, 0.717) is 5.57 Å². The van der Waals surface area contributed by atoms with E-state index < -0.39 is 28.9 Å².